The minimum Gasteiger partial charge on any atom is -0.356 e. The second kappa shape index (κ2) is 7.69. The number of aliphatic imine (C=N–C) groups is 1. The molecular formula is C15H23N5S2. The molecule has 0 aliphatic rings. The second-order valence-electron chi connectivity index (χ2n) is 5.09. The van der Waals surface area contributed by atoms with E-state index in [0.717, 1.165) is 41.9 Å². The van der Waals surface area contributed by atoms with Gasteiger partial charge in [-0.1, -0.05) is 0 Å². The van der Waals surface area contributed by atoms with Crippen molar-refractivity contribution in [1.82, 2.24) is 20.6 Å². The number of nitrogens with one attached hydrogen (secondary N) is 2. The Morgan fingerprint density at radius 1 is 1.05 bits per heavy atom. The maximum atomic E-state index is 4.55. The van der Waals surface area contributed by atoms with Crippen LogP contribution in [-0.4, -0.2) is 29.5 Å². The van der Waals surface area contributed by atoms with E-state index in [1.807, 2.05) is 13.8 Å². The van der Waals surface area contributed by atoms with Crippen LogP contribution in [0.4, 0.5) is 0 Å². The summed E-state index contributed by atoms with van der Waals surface area (Å²) < 4.78 is 0. The Morgan fingerprint density at radius 2 is 1.82 bits per heavy atom. The van der Waals surface area contributed by atoms with Crippen molar-refractivity contribution in [2.75, 3.05) is 13.6 Å². The molecule has 0 saturated heterocycles. The van der Waals surface area contributed by atoms with Crippen molar-refractivity contribution in [3.8, 4) is 0 Å². The molecule has 2 aromatic rings. The fourth-order valence-corrected chi connectivity index (χ4v) is 3.87. The van der Waals surface area contributed by atoms with Gasteiger partial charge in [0, 0.05) is 29.8 Å². The Balaban J connectivity index is 1.79. The zero-order valence-electron chi connectivity index (χ0n) is 13.8. The first kappa shape index (κ1) is 16.9. The Labute approximate surface area is 139 Å². The first-order valence-corrected chi connectivity index (χ1v) is 8.93. The zero-order chi connectivity index (χ0) is 16.1. The monoisotopic (exact) mass is 337 g/mol. The van der Waals surface area contributed by atoms with E-state index in [0.29, 0.717) is 0 Å². The van der Waals surface area contributed by atoms with Gasteiger partial charge in [0.05, 0.1) is 27.9 Å². The van der Waals surface area contributed by atoms with Crippen molar-refractivity contribution in [3.05, 3.63) is 31.2 Å². The van der Waals surface area contributed by atoms with Crippen molar-refractivity contribution in [3.63, 3.8) is 0 Å². The summed E-state index contributed by atoms with van der Waals surface area (Å²) in [7, 11) is 1.79. The molecule has 7 heteroatoms. The number of aryl methyl sites for hydroxylation is 4. The van der Waals surface area contributed by atoms with E-state index in [1.165, 1.54) is 14.8 Å². The number of aromatic nitrogens is 2. The lowest BCUT2D eigenvalue weighted by atomic mass is 10.4. The fraction of sp³-hybridized carbons (Fsp3) is 0.533. The number of hydrogen-bond donors (Lipinski definition) is 2. The molecule has 0 radical (unpaired) electrons. The lowest BCUT2D eigenvalue weighted by molar-refractivity contribution is 0.792. The third kappa shape index (κ3) is 4.51. The summed E-state index contributed by atoms with van der Waals surface area (Å²) >= 11 is 3.50. The summed E-state index contributed by atoms with van der Waals surface area (Å²) in [5.74, 6) is 0.815. The normalized spacial score (nSPS) is 11.8. The van der Waals surface area contributed by atoms with Gasteiger partial charge in [-0.25, -0.2) is 9.97 Å². The Bertz CT molecular complexity index is 637. The van der Waals surface area contributed by atoms with Crippen LogP contribution in [0.2, 0.25) is 0 Å². The Kier molecular flexibility index (Phi) is 5.90. The average Bonchev–Trinajstić information content (AvgIpc) is 2.96. The molecule has 5 nitrogen and oxygen atoms in total. The van der Waals surface area contributed by atoms with Crippen LogP contribution in [0.25, 0.3) is 0 Å². The highest BCUT2D eigenvalue weighted by Gasteiger charge is 2.07. The summed E-state index contributed by atoms with van der Waals surface area (Å²) in [6.07, 6.45) is 0.915. The molecule has 0 aromatic carbocycles. The molecule has 0 unspecified atom stereocenters. The predicted octanol–water partition coefficient (Wildman–Crippen LogP) is 2.74. The van der Waals surface area contributed by atoms with Crippen LogP contribution >= 0.6 is 22.7 Å². The standard InChI is InChI=1S/C15H23N5S2/c1-9-11(3)21-14(20-9)6-7-17-15(16-5)18-8-13-10(2)19-12(4)22-13/h6-8H2,1-5H3,(H2,16,17,18). The summed E-state index contributed by atoms with van der Waals surface area (Å²) in [6.45, 7) is 9.84. The molecular weight excluding hydrogens is 314 g/mol. The van der Waals surface area contributed by atoms with Gasteiger partial charge in [-0.3, -0.25) is 4.99 Å². The maximum absolute atomic E-state index is 4.55. The highest BCUT2D eigenvalue weighted by Crippen LogP contribution is 2.17. The van der Waals surface area contributed by atoms with E-state index in [4.69, 9.17) is 0 Å². The molecule has 0 aliphatic heterocycles. The van der Waals surface area contributed by atoms with Crippen molar-refractivity contribution in [2.24, 2.45) is 4.99 Å². The van der Waals surface area contributed by atoms with Gasteiger partial charge >= 0.3 is 0 Å². The summed E-state index contributed by atoms with van der Waals surface area (Å²) in [5.41, 5.74) is 2.23. The van der Waals surface area contributed by atoms with Crippen LogP contribution in [0.1, 0.15) is 31.2 Å². The van der Waals surface area contributed by atoms with Crippen LogP contribution in [-0.2, 0) is 13.0 Å². The predicted molar refractivity (Wildman–Crippen MR) is 95.1 cm³/mol. The number of hydrogen-bond acceptors (Lipinski definition) is 5. The van der Waals surface area contributed by atoms with Crippen molar-refractivity contribution in [2.45, 2.75) is 40.7 Å². The van der Waals surface area contributed by atoms with Crippen LogP contribution in [0.15, 0.2) is 4.99 Å². The molecule has 0 aliphatic carbocycles. The van der Waals surface area contributed by atoms with Gasteiger partial charge in [0.2, 0.25) is 0 Å². The Morgan fingerprint density at radius 3 is 2.36 bits per heavy atom. The van der Waals surface area contributed by atoms with Crippen LogP contribution in [0.3, 0.4) is 0 Å². The van der Waals surface area contributed by atoms with Gasteiger partial charge < -0.3 is 10.6 Å². The second-order valence-corrected chi connectivity index (χ2v) is 7.67. The first-order chi connectivity index (χ1) is 10.5. The van der Waals surface area contributed by atoms with Gasteiger partial charge in [-0.2, -0.15) is 0 Å². The van der Waals surface area contributed by atoms with E-state index < -0.39 is 0 Å². The lowest BCUT2D eigenvalue weighted by Gasteiger charge is -2.10. The summed E-state index contributed by atoms with van der Waals surface area (Å²) in [4.78, 5) is 15.8. The smallest absolute Gasteiger partial charge is 0.191 e. The SMILES string of the molecule is CN=C(NCCc1nc(C)c(C)s1)NCc1sc(C)nc1C. The van der Waals surface area contributed by atoms with E-state index >= 15 is 0 Å². The molecule has 2 aromatic heterocycles. The molecule has 2 N–H and O–H groups in total. The molecule has 22 heavy (non-hydrogen) atoms. The molecule has 2 heterocycles. The van der Waals surface area contributed by atoms with E-state index in [-0.39, 0.29) is 0 Å². The number of guanidine groups is 1. The highest BCUT2D eigenvalue weighted by molar-refractivity contribution is 7.11. The van der Waals surface area contributed by atoms with Gasteiger partial charge in [0.25, 0.3) is 0 Å². The molecule has 0 spiro atoms. The van der Waals surface area contributed by atoms with E-state index in [1.54, 1.807) is 29.7 Å². The molecule has 0 amide bonds. The van der Waals surface area contributed by atoms with Crippen molar-refractivity contribution < 1.29 is 0 Å². The van der Waals surface area contributed by atoms with Crippen molar-refractivity contribution >= 4 is 28.6 Å². The third-order valence-electron chi connectivity index (χ3n) is 3.34. The quantitative estimate of drug-likeness (QED) is 0.650. The van der Waals surface area contributed by atoms with Gasteiger partial charge in [0.15, 0.2) is 5.96 Å². The fourth-order valence-electron chi connectivity index (χ4n) is 2.06. The van der Waals surface area contributed by atoms with Crippen LogP contribution in [0.5, 0.6) is 0 Å². The zero-order valence-corrected chi connectivity index (χ0v) is 15.4. The molecule has 0 atom stereocenters. The minimum atomic E-state index is 0.756. The van der Waals surface area contributed by atoms with E-state index in [2.05, 4.69) is 39.4 Å². The molecule has 2 rings (SSSR count). The van der Waals surface area contributed by atoms with Gasteiger partial charge in [0.1, 0.15) is 0 Å². The third-order valence-corrected chi connectivity index (χ3v) is 5.55. The molecule has 0 saturated carbocycles. The molecule has 0 fully saturated rings. The summed E-state index contributed by atoms with van der Waals surface area (Å²) in [6, 6.07) is 0. The Hall–Kier alpha value is -1.47. The topological polar surface area (TPSA) is 62.2 Å². The largest absolute Gasteiger partial charge is 0.356 e. The molecule has 0 bridgehead atoms. The van der Waals surface area contributed by atoms with Gasteiger partial charge in [-0.05, 0) is 27.7 Å². The summed E-state index contributed by atoms with van der Waals surface area (Å²) in [5, 5.41) is 8.94. The maximum Gasteiger partial charge on any atom is 0.191 e. The number of thiazole rings is 2. The lowest BCUT2D eigenvalue weighted by Crippen LogP contribution is -2.37. The minimum absolute atomic E-state index is 0.756. The molecule has 120 valence electrons. The van der Waals surface area contributed by atoms with Crippen molar-refractivity contribution in [1.29, 1.82) is 0 Å². The van der Waals surface area contributed by atoms with Gasteiger partial charge in [-0.15, -0.1) is 22.7 Å². The average molecular weight is 338 g/mol. The number of nitrogens with zero attached hydrogens (tertiary/aromatic N) is 3. The number of rotatable bonds is 5. The first-order valence-electron chi connectivity index (χ1n) is 7.30. The highest BCUT2D eigenvalue weighted by atomic mass is 32.1. The van der Waals surface area contributed by atoms with Crippen LogP contribution < -0.4 is 10.6 Å². The van der Waals surface area contributed by atoms with E-state index in [9.17, 15) is 0 Å². The van der Waals surface area contributed by atoms with Crippen LogP contribution in [0, 0.1) is 27.7 Å².